The Morgan fingerprint density at radius 1 is 1.02 bits per heavy atom. The van der Waals surface area contributed by atoms with Crippen LogP contribution < -0.4 is 15.4 Å². The van der Waals surface area contributed by atoms with Crippen LogP contribution in [0, 0.1) is 29.6 Å². The second-order valence-electron chi connectivity index (χ2n) is 10.3. The minimum atomic E-state index is -1.04. The summed E-state index contributed by atoms with van der Waals surface area (Å²) in [6.07, 6.45) is -0.183. The zero-order valence-electron chi connectivity index (χ0n) is 24.6. The Labute approximate surface area is 264 Å². The molecular formula is C34H28N6O4S. The molecule has 3 aromatic carbocycles. The van der Waals surface area contributed by atoms with E-state index in [4.69, 9.17) is 10.5 Å². The molecule has 4 aromatic rings. The van der Waals surface area contributed by atoms with E-state index in [1.807, 2.05) is 49.4 Å². The zero-order chi connectivity index (χ0) is 32.1. The summed E-state index contributed by atoms with van der Waals surface area (Å²) in [6, 6.07) is 26.2. The third-order valence-corrected chi connectivity index (χ3v) is 8.39. The van der Waals surface area contributed by atoms with Crippen LogP contribution in [-0.2, 0) is 20.9 Å². The molecule has 1 fully saturated rings. The van der Waals surface area contributed by atoms with Gasteiger partial charge >= 0.3 is 0 Å². The van der Waals surface area contributed by atoms with E-state index in [-0.39, 0.29) is 40.7 Å². The molecule has 2 heterocycles. The number of nitrogen functional groups attached to an aromatic ring is 1. The molecule has 1 aliphatic heterocycles. The van der Waals surface area contributed by atoms with Crippen LogP contribution in [0.4, 0.5) is 11.5 Å². The van der Waals surface area contributed by atoms with Crippen molar-refractivity contribution >= 4 is 41.0 Å². The van der Waals surface area contributed by atoms with E-state index in [2.05, 4.69) is 17.1 Å². The van der Waals surface area contributed by atoms with Gasteiger partial charge in [0.25, 0.3) is 5.91 Å². The lowest BCUT2D eigenvalue weighted by molar-refractivity contribution is -0.136. The number of ether oxygens (including phenoxy) is 1. The lowest BCUT2D eigenvalue weighted by atomic mass is 9.96. The number of thioether (sulfide) groups is 1. The number of anilines is 2. The Kier molecular flexibility index (Phi) is 9.12. The number of rotatable bonds is 9. The number of carbonyl (C=O) groups excluding carboxylic acids is 3. The Bertz CT molecular complexity index is 1850. The predicted molar refractivity (Wildman–Crippen MR) is 170 cm³/mol. The van der Waals surface area contributed by atoms with E-state index < -0.39 is 23.8 Å². The number of methoxy groups -OCH3 is 1. The van der Waals surface area contributed by atoms with Crippen LogP contribution in [0.15, 0.2) is 83.9 Å². The van der Waals surface area contributed by atoms with Gasteiger partial charge in [-0.05, 0) is 42.3 Å². The number of benzene rings is 3. The highest BCUT2D eigenvalue weighted by molar-refractivity contribution is 8.00. The highest BCUT2D eigenvalue weighted by atomic mass is 32.2. The Morgan fingerprint density at radius 2 is 1.69 bits per heavy atom. The minimum Gasteiger partial charge on any atom is -0.497 e. The first-order chi connectivity index (χ1) is 21.7. The normalized spacial score (nSPS) is 14.1. The maximum Gasteiger partial charge on any atom is 0.257 e. The molecule has 2 N–H and O–H groups in total. The van der Waals surface area contributed by atoms with Crippen LogP contribution in [-0.4, -0.2) is 46.5 Å². The fourth-order valence-corrected chi connectivity index (χ4v) is 6.02. The van der Waals surface area contributed by atoms with Crippen molar-refractivity contribution in [3.05, 3.63) is 101 Å². The van der Waals surface area contributed by atoms with Gasteiger partial charge in [-0.2, -0.15) is 10.5 Å². The topological polar surface area (TPSA) is 153 Å². The van der Waals surface area contributed by atoms with Crippen molar-refractivity contribution in [1.29, 1.82) is 10.5 Å². The summed E-state index contributed by atoms with van der Waals surface area (Å²) in [7, 11) is 1.52. The number of aryl methyl sites for hydroxylation is 1. The Balaban J connectivity index is 1.46. The van der Waals surface area contributed by atoms with Crippen molar-refractivity contribution < 1.29 is 19.1 Å². The molecule has 0 saturated carbocycles. The van der Waals surface area contributed by atoms with Crippen LogP contribution in [0.2, 0.25) is 0 Å². The van der Waals surface area contributed by atoms with Gasteiger partial charge < -0.3 is 15.4 Å². The molecule has 0 radical (unpaired) electrons. The molecule has 1 atom stereocenters. The van der Waals surface area contributed by atoms with Crippen molar-refractivity contribution in [1.82, 2.24) is 9.88 Å². The van der Waals surface area contributed by atoms with Crippen LogP contribution in [0.3, 0.4) is 0 Å². The van der Waals surface area contributed by atoms with Crippen LogP contribution in [0.5, 0.6) is 5.75 Å². The molecule has 1 aromatic heterocycles. The largest absolute Gasteiger partial charge is 0.497 e. The number of hydrogen-bond acceptors (Lipinski definition) is 9. The van der Waals surface area contributed by atoms with Gasteiger partial charge in [-0.25, -0.2) is 9.88 Å². The van der Waals surface area contributed by atoms with Gasteiger partial charge in [0, 0.05) is 12.1 Å². The number of nitrogens with zero attached hydrogens (tertiary/aromatic N) is 5. The van der Waals surface area contributed by atoms with Gasteiger partial charge in [-0.1, -0.05) is 71.9 Å². The summed E-state index contributed by atoms with van der Waals surface area (Å²) in [5, 5.41) is 20.2. The summed E-state index contributed by atoms with van der Waals surface area (Å²) in [6.45, 7) is 2.01. The summed E-state index contributed by atoms with van der Waals surface area (Å²) in [4.78, 5) is 47.5. The van der Waals surface area contributed by atoms with E-state index >= 15 is 0 Å². The van der Waals surface area contributed by atoms with Crippen molar-refractivity contribution in [2.24, 2.45) is 0 Å². The average Bonchev–Trinajstić information content (AvgIpc) is 3.35. The molecule has 224 valence electrons. The van der Waals surface area contributed by atoms with Gasteiger partial charge in [0.05, 0.1) is 30.5 Å². The maximum atomic E-state index is 13.9. The van der Waals surface area contributed by atoms with Gasteiger partial charge in [0.1, 0.15) is 40.3 Å². The molecule has 5 rings (SSSR count). The number of carbonyl (C=O) groups is 3. The number of pyridine rings is 1. The predicted octanol–water partition coefficient (Wildman–Crippen LogP) is 4.84. The van der Waals surface area contributed by atoms with E-state index in [0.29, 0.717) is 22.6 Å². The van der Waals surface area contributed by atoms with Gasteiger partial charge in [0.2, 0.25) is 11.8 Å². The molecule has 10 nitrogen and oxygen atoms in total. The SMILES string of the molecule is COc1ccc(N2C(=O)CC(N(Cc3ccccc3)C(=O)CSc3nc(N)c(C#N)c(-c4ccc(C)cc4)c3C#N)C2=O)cc1. The number of imide groups is 1. The van der Waals surface area contributed by atoms with Gasteiger partial charge in [-0.3, -0.25) is 14.4 Å². The first-order valence-corrected chi connectivity index (χ1v) is 14.9. The minimum absolute atomic E-state index is 0.0603. The summed E-state index contributed by atoms with van der Waals surface area (Å²) >= 11 is 0.988. The van der Waals surface area contributed by atoms with Crippen molar-refractivity contribution in [2.45, 2.75) is 31.0 Å². The maximum absolute atomic E-state index is 13.9. The molecule has 0 aliphatic carbocycles. The number of aromatic nitrogens is 1. The molecule has 0 bridgehead atoms. The first-order valence-electron chi connectivity index (χ1n) is 13.9. The fraction of sp³-hybridized carbons (Fsp3) is 0.176. The molecule has 45 heavy (non-hydrogen) atoms. The van der Waals surface area contributed by atoms with E-state index in [1.165, 1.54) is 12.0 Å². The van der Waals surface area contributed by atoms with Crippen molar-refractivity contribution in [2.75, 3.05) is 23.5 Å². The van der Waals surface area contributed by atoms with Crippen LogP contribution >= 0.6 is 11.8 Å². The summed E-state index contributed by atoms with van der Waals surface area (Å²) in [5.41, 5.74) is 9.49. The first kappa shape index (κ1) is 30.8. The average molecular weight is 617 g/mol. The lowest BCUT2D eigenvalue weighted by Crippen LogP contribution is -2.45. The van der Waals surface area contributed by atoms with Crippen LogP contribution in [0.25, 0.3) is 11.1 Å². The lowest BCUT2D eigenvalue weighted by Gasteiger charge is -2.28. The number of amides is 3. The molecule has 0 spiro atoms. The standard InChI is InChI=1S/C34H28N6O4S/c1-21-8-10-23(11-9-21)31-26(17-35)32(37)38-33(27(31)18-36)45-20-30(42)39(19-22-6-4-3-5-7-22)28-16-29(41)40(34(28)43)24-12-14-25(44-2)15-13-24/h3-15,28H,16,19-20H2,1-2H3,(H2,37,38). The van der Waals surface area contributed by atoms with Gasteiger partial charge in [-0.15, -0.1) is 0 Å². The molecule has 1 unspecified atom stereocenters. The smallest absolute Gasteiger partial charge is 0.257 e. The van der Waals surface area contributed by atoms with Crippen molar-refractivity contribution in [3.8, 4) is 29.0 Å². The number of nitrogens with two attached hydrogens (primary N) is 1. The third kappa shape index (κ3) is 6.35. The summed E-state index contributed by atoms with van der Waals surface area (Å²) < 4.78 is 5.19. The molecule has 3 amide bonds. The number of nitriles is 2. The second-order valence-corrected chi connectivity index (χ2v) is 11.3. The fourth-order valence-electron chi connectivity index (χ4n) is 5.14. The number of hydrogen-bond donors (Lipinski definition) is 1. The van der Waals surface area contributed by atoms with Crippen molar-refractivity contribution in [3.63, 3.8) is 0 Å². The highest BCUT2D eigenvalue weighted by Gasteiger charge is 2.44. The second kappa shape index (κ2) is 13.3. The van der Waals surface area contributed by atoms with E-state index in [1.54, 1.807) is 36.4 Å². The molecule has 1 saturated heterocycles. The zero-order valence-corrected chi connectivity index (χ0v) is 25.4. The third-order valence-electron chi connectivity index (χ3n) is 7.43. The molecule has 1 aliphatic rings. The van der Waals surface area contributed by atoms with E-state index in [9.17, 15) is 24.9 Å². The van der Waals surface area contributed by atoms with Crippen LogP contribution in [0.1, 0.15) is 28.7 Å². The quantitative estimate of drug-likeness (QED) is 0.205. The molecule has 11 heteroatoms. The van der Waals surface area contributed by atoms with E-state index in [0.717, 1.165) is 27.8 Å². The summed E-state index contributed by atoms with van der Waals surface area (Å²) in [5.74, 6) is -1.06. The molecular weight excluding hydrogens is 588 g/mol. The Morgan fingerprint density at radius 3 is 2.31 bits per heavy atom. The monoisotopic (exact) mass is 616 g/mol. The van der Waals surface area contributed by atoms with Gasteiger partial charge in [0.15, 0.2) is 0 Å². The highest BCUT2D eigenvalue weighted by Crippen LogP contribution is 2.36. The Hall–Kier alpha value is -5.65.